The first kappa shape index (κ1) is 20.0. The number of nitrogens with one attached hydrogen (secondary N) is 1. The lowest BCUT2D eigenvalue weighted by molar-refractivity contribution is 0.174. The number of aliphatic hydroxyl groups excluding tert-OH is 1. The van der Waals surface area contributed by atoms with Gasteiger partial charge in [-0.1, -0.05) is 25.8 Å². The van der Waals surface area contributed by atoms with E-state index in [0.29, 0.717) is 18.2 Å². The lowest BCUT2D eigenvalue weighted by Gasteiger charge is -2.19. The van der Waals surface area contributed by atoms with Crippen LogP contribution in [0.15, 0.2) is 24.4 Å². The zero-order valence-electron chi connectivity index (χ0n) is 16.2. The summed E-state index contributed by atoms with van der Waals surface area (Å²) < 4.78 is 16.6. The maximum atomic E-state index is 9.58. The number of hydrogen-bond donors (Lipinski definition) is 3. The largest absolute Gasteiger partial charge is 0.488 e. The highest BCUT2D eigenvalue weighted by molar-refractivity contribution is 5.51. The molecule has 152 valence electrons. The fraction of sp³-hybridized carbons (Fsp3) is 0.500. The minimum atomic E-state index is -0.0924. The molecule has 1 atom stereocenters. The Balaban J connectivity index is 1.53. The van der Waals surface area contributed by atoms with Gasteiger partial charge in [-0.05, 0) is 37.0 Å². The number of aryl methyl sites for hydroxylation is 1. The molecule has 28 heavy (non-hydrogen) atoms. The molecular formula is C20H28N4O4. The summed E-state index contributed by atoms with van der Waals surface area (Å²) in [6.07, 6.45) is 6.17. The minimum absolute atomic E-state index is 0.0213. The third-order valence-electron chi connectivity index (χ3n) is 4.55. The average molecular weight is 388 g/mol. The highest BCUT2D eigenvalue weighted by atomic mass is 16.7. The van der Waals surface area contributed by atoms with Crippen LogP contribution in [0.4, 0.5) is 11.8 Å². The predicted molar refractivity (Wildman–Crippen MR) is 107 cm³/mol. The lowest BCUT2D eigenvalue weighted by atomic mass is 10.1. The average Bonchev–Trinajstić information content (AvgIpc) is 3.17. The lowest BCUT2D eigenvalue weighted by Crippen LogP contribution is -2.25. The predicted octanol–water partition coefficient (Wildman–Crippen LogP) is 2.76. The number of nitrogen functional groups attached to an aromatic ring is 1. The van der Waals surface area contributed by atoms with Gasteiger partial charge in [0.05, 0.1) is 25.5 Å². The second-order valence-corrected chi connectivity index (χ2v) is 6.75. The van der Waals surface area contributed by atoms with Gasteiger partial charge in [-0.2, -0.15) is 4.98 Å². The van der Waals surface area contributed by atoms with Crippen LogP contribution in [0.5, 0.6) is 17.2 Å². The number of ether oxygens (including phenoxy) is 3. The van der Waals surface area contributed by atoms with Crippen LogP contribution in [0.2, 0.25) is 0 Å². The Morgan fingerprint density at radius 1 is 1.29 bits per heavy atom. The highest BCUT2D eigenvalue weighted by Crippen LogP contribution is 2.32. The zero-order valence-corrected chi connectivity index (χ0v) is 16.2. The van der Waals surface area contributed by atoms with Crippen molar-refractivity contribution in [2.24, 2.45) is 0 Å². The second-order valence-electron chi connectivity index (χ2n) is 6.75. The van der Waals surface area contributed by atoms with E-state index in [0.717, 1.165) is 43.6 Å². The second kappa shape index (κ2) is 9.98. The summed E-state index contributed by atoms with van der Waals surface area (Å²) in [6, 6.07) is 5.87. The molecule has 0 bridgehead atoms. The molecule has 0 unspecified atom stereocenters. The molecule has 0 fully saturated rings. The van der Waals surface area contributed by atoms with Crippen molar-refractivity contribution >= 4 is 11.8 Å². The molecule has 8 nitrogen and oxygen atoms in total. The normalized spacial score (nSPS) is 13.4. The molecule has 1 aromatic heterocycles. The van der Waals surface area contributed by atoms with Gasteiger partial charge in [0.15, 0.2) is 23.1 Å². The van der Waals surface area contributed by atoms with Gasteiger partial charge >= 0.3 is 0 Å². The fourth-order valence-electron chi connectivity index (χ4n) is 3.00. The van der Waals surface area contributed by atoms with Crippen molar-refractivity contribution in [3.63, 3.8) is 0 Å². The summed E-state index contributed by atoms with van der Waals surface area (Å²) in [6.45, 7) is 2.93. The molecule has 0 saturated carbocycles. The number of rotatable bonds is 11. The Morgan fingerprint density at radius 3 is 2.96 bits per heavy atom. The zero-order chi connectivity index (χ0) is 19.8. The van der Waals surface area contributed by atoms with Crippen molar-refractivity contribution in [2.45, 2.75) is 45.1 Å². The fourth-order valence-corrected chi connectivity index (χ4v) is 3.00. The van der Waals surface area contributed by atoms with E-state index in [2.05, 4.69) is 22.2 Å². The Bertz CT molecular complexity index is 772. The molecule has 4 N–H and O–H groups in total. The number of aromatic nitrogens is 2. The number of unbranched alkanes of at least 4 members (excludes halogenated alkanes) is 1. The number of hydrogen-bond acceptors (Lipinski definition) is 8. The Kier molecular flexibility index (Phi) is 7.13. The van der Waals surface area contributed by atoms with Crippen LogP contribution in [0, 0.1) is 0 Å². The van der Waals surface area contributed by atoms with Crippen molar-refractivity contribution in [1.29, 1.82) is 0 Å². The number of nitrogens with zero attached hydrogens (tertiary/aromatic N) is 2. The van der Waals surface area contributed by atoms with E-state index in [1.165, 1.54) is 5.56 Å². The monoisotopic (exact) mass is 388 g/mol. The molecule has 0 radical (unpaired) electrons. The molecule has 1 aliphatic heterocycles. The number of fused-ring (bicyclic) bond motifs is 1. The maximum Gasteiger partial charge on any atom is 0.231 e. The molecule has 2 heterocycles. The molecule has 1 aliphatic rings. The van der Waals surface area contributed by atoms with Crippen molar-refractivity contribution < 1.29 is 19.3 Å². The van der Waals surface area contributed by atoms with Crippen LogP contribution < -0.4 is 25.3 Å². The molecule has 0 spiro atoms. The van der Waals surface area contributed by atoms with Crippen molar-refractivity contribution in [2.75, 3.05) is 31.1 Å². The van der Waals surface area contributed by atoms with E-state index in [-0.39, 0.29) is 25.4 Å². The molecule has 0 saturated heterocycles. The summed E-state index contributed by atoms with van der Waals surface area (Å²) in [7, 11) is 0. The van der Waals surface area contributed by atoms with Gasteiger partial charge in [0.2, 0.25) is 12.7 Å². The first-order valence-corrected chi connectivity index (χ1v) is 9.70. The Morgan fingerprint density at radius 2 is 2.14 bits per heavy atom. The molecule has 8 heteroatoms. The van der Waals surface area contributed by atoms with Crippen LogP contribution in [0.25, 0.3) is 0 Å². The summed E-state index contributed by atoms with van der Waals surface area (Å²) >= 11 is 0. The van der Waals surface area contributed by atoms with Crippen LogP contribution in [-0.4, -0.2) is 41.1 Å². The van der Waals surface area contributed by atoms with Gasteiger partial charge in [-0.25, -0.2) is 4.98 Å². The molecular weight excluding hydrogens is 360 g/mol. The SMILES string of the molecule is CCCC[C@@H](CO)Nc1nc(N)ncc1OCCCc1ccc2c(c1)OCO2. The number of anilines is 2. The quantitative estimate of drug-likeness (QED) is 0.504. The molecule has 1 aromatic carbocycles. The van der Waals surface area contributed by atoms with Crippen LogP contribution in [0.1, 0.15) is 38.2 Å². The van der Waals surface area contributed by atoms with E-state index in [9.17, 15) is 5.11 Å². The molecule has 0 aliphatic carbocycles. The Hall–Kier alpha value is -2.74. The summed E-state index contributed by atoms with van der Waals surface area (Å²) in [4.78, 5) is 8.25. The highest BCUT2D eigenvalue weighted by Gasteiger charge is 2.14. The smallest absolute Gasteiger partial charge is 0.231 e. The van der Waals surface area contributed by atoms with Gasteiger partial charge in [0, 0.05) is 0 Å². The topological polar surface area (TPSA) is 112 Å². The Labute approximate surface area is 165 Å². The van der Waals surface area contributed by atoms with Gasteiger partial charge in [-0.3, -0.25) is 0 Å². The van der Waals surface area contributed by atoms with Gasteiger partial charge < -0.3 is 30.4 Å². The van der Waals surface area contributed by atoms with Gasteiger partial charge in [0.1, 0.15) is 0 Å². The molecule has 2 aromatic rings. The van der Waals surface area contributed by atoms with E-state index in [4.69, 9.17) is 19.9 Å². The van der Waals surface area contributed by atoms with E-state index in [1.807, 2.05) is 18.2 Å². The first-order chi connectivity index (χ1) is 13.7. The van der Waals surface area contributed by atoms with Crippen molar-refractivity contribution in [1.82, 2.24) is 9.97 Å². The summed E-state index contributed by atoms with van der Waals surface area (Å²) in [5, 5.41) is 12.8. The van der Waals surface area contributed by atoms with Gasteiger partial charge in [0.25, 0.3) is 0 Å². The van der Waals surface area contributed by atoms with E-state index < -0.39 is 0 Å². The third-order valence-corrected chi connectivity index (χ3v) is 4.55. The van der Waals surface area contributed by atoms with Crippen LogP contribution in [0.3, 0.4) is 0 Å². The summed E-state index contributed by atoms with van der Waals surface area (Å²) in [5.74, 6) is 2.80. The van der Waals surface area contributed by atoms with Crippen LogP contribution in [-0.2, 0) is 6.42 Å². The van der Waals surface area contributed by atoms with Crippen molar-refractivity contribution in [3.8, 4) is 17.2 Å². The van der Waals surface area contributed by atoms with Gasteiger partial charge in [-0.15, -0.1) is 0 Å². The maximum absolute atomic E-state index is 9.58. The molecule has 3 rings (SSSR count). The third kappa shape index (κ3) is 5.39. The standard InChI is InChI=1S/C20H28N4O4/c1-2-3-6-15(12-25)23-19-18(11-22-20(21)24-19)26-9-4-5-14-7-8-16-17(10-14)28-13-27-16/h7-8,10-11,15,25H,2-6,9,12-13H2,1H3,(H3,21,22,23,24)/t15-/m0/s1. The number of nitrogens with two attached hydrogens (primary N) is 1. The first-order valence-electron chi connectivity index (χ1n) is 9.70. The summed E-state index contributed by atoms with van der Waals surface area (Å²) in [5.41, 5.74) is 6.88. The van der Waals surface area contributed by atoms with Crippen LogP contribution >= 0.6 is 0 Å². The molecule has 0 amide bonds. The van der Waals surface area contributed by atoms with E-state index in [1.54, 1.807) is 6.20 Å². The number of benzene rings is 1. The minimum Gasteiger partial charge on any atom is -0.488 e. The van der Waals surface area contributed by atoms with Crippen molar-refractivity contribution in [3.05, 3.63) is 30.0 Å². The van der Waals surface area contributed by atoms with E-state index >= 15 is 0 Å². The number of aliphatic hydroxyl groups is 1.